The molecule has 0 aliphatic rings. The quantitative estimate of drug-likeness (QED) is 0.640. The third-order valence-corrected chi connectivity index (χ3v) is 2.57. The number of thiocarbonyl (C=S) groups is 1. The number of hydrogen-bond acceptors (Lipinski definition) is 2. The second-order valence-corrected chi connectivity index (χ2v) is 4.51. The van der Waals surface area contributed by atoms with Gasteiger partial charge in [-0.3, -0.25) is 4.79 Å². The van der Waals surface area contributed by atoms with Crippen LogP contribution in [0.3, 0.4) is 0 Å². The van der Waals surface area contributed by atoms with Gasteiger partial charge in [-0.25, -0.2) is 0 Å². The van der Waals surface area contributed by atoms with Gasteiger partial charge in [-0.2, -0.15) is 26.3 Å². The molecular weight excluding hydrogens is 298 g/mol. The minimum absolute atomic E-state index is 0.109. The van der Waals surface area contributed by atoms with Crippen molar-refractivity contribution >= 4 is 23.1 Å². The summed E-state index contributed by atoms with van der Waals surface area (Å²) in [6, 6.07) is -0.961. The maximum atomic E-state index is 12.3. The van der Waals surface area contributed by atoms with Crippen LogP contribution in [0.5, 0.6) is 0 Å². The van der Waals surface area contributed by atoms with E-state index in [0.29, 0.717) is 4.90 Å². The van der Waals surface area contributed by atoms with E-state index in [2.05, 4.69) is 12.2 Å². The number of carbonyl (C=O) groups is 1. The van der Waals surface area contributed by atoms with E-state index in [0.717, 1.165) is 7.05 Å². The lowest BCUT2D eigenvalue weighted by molar-refractivity contribution is -0.277. The van der Waals surface area contributed by atoms with E-state index in [1.54, 1.807) is 0 Å². The monoisotopic (exact) mass is 310 g/mol. The van der Waals surface area contributed by atoms with Crippen LogP contribution in [0.25, 0.3) is 0 Å². The molecule has 10 heteroatoms. The highest BCUT2D eigenvalue weighted by Crippen LogP contribution is 2.40. The molecule has 0 aromatic rings. The molecule has 0 fully saturated rings. The predicted molar refractivity (Wildman–Crippen MR) is 59.2 cm³/mol. The van der Waals surface area contributed by atoms with Crippen molar-refractivity contribution in [3.63, 3.8) is 0 Å². The SMILES string of the molecule is CC(CC(N)=S)N(C)C(=O)C(C(F)(F)F)C(F)(F)F. The average Bonchev–Trinajstić information content (AvgIpc) is 2.10. The van der Waals surface area contributed by atoms with Gasteiger partial charge in [0, 0.05) is 19.5 Å². The Bertz CT molecular complexity index is 340. The van der Waals surface area contributed by atoms with Crippen molar-refractivity contribution in [2.45, 2.75) is 31.7 Å². The Morgan fingerprint density at radius 3 is 1.84 bits per heavy atom. The molecule has 1 atom stereocenters. The Morgan fingerprint density at radius 2 is 1.58 bits per heavy atom. The fourth-order valence-electron chi connectivity index (χ4n) is 1.31. The summed E-state index contributed by atoms with van der Waals surface area (Å²) < 4.78 is 74.0. The highest BCUT2D eigenvalue weighted by atomic mass is 32.1. The fourth-order valence-corrected chi connectivity index (χ4v) is 1.56. The molecule has 0 aliphatic carbocycles. The van der Waals surface area contributed by atoms with Gasteiger partial charge in [-0.15, -0.1) is 0 Å². The molecule has 0 rings (SSSR count). The van der Waals surface area contributed by atoms with E-state index in [-0.39, 0.29) is 11.4 Å². The lowest BCUT2D eigenvalue weighted by Crippen LogP contribution is -2.51. The molecule has 0 heterocycles. The van der Waals surface area contributed by atoms with Crippen LogP contribution in [0.2, 0.25) is 0 Å². The van der Waals surface area contributed by atoms with Crippen molar-refractivity contribution < 1.29 is 31.1 Å². The van der Waals surface area contributed by atoms with Gasteiger partial charge in [0.2, 0.25) is 11.8 Å². The van der Waals surface area contributed by atoms with Crippen LogP contribution < -0.4 is 5.73 Å². The fraction of sp³-hybridized carbons (Fsp3) is 0.778. The molecule has 0 spiro atoms. The summed E-state index contributed by atoms with van der Waals surface area (Å²) in [6.07, 6.45) is -11.6. The topological polar surface area (TPSA) is 46.3 Å². The number of nitrogens with two attached hydrogens (primary N) is 1. The first-order valence-electron chi connectivity index (χ1n) is 4.97. The van der Waals surface area contributed by atoms with E-state index in [1.165, 1.54) is 6.92 Å². The second kappa shape index (κ2) is 5.93. The van der Waals surface area contributed by atoms with Crippen molar-refractivity contribution in [1.29, 1.82) is 0 Å². The number of rotatable bonds is 4. The summed E-state index contributed by atoms with van der Waals surface area (Å²) in [5.74, 6) is -6.12. The van der Waals surface area contributed by atoms with Crippen molar-refractivity contribution in [3.8, 4) is 0 Å². The molecule has 1 amide bonds. The maximum Gasteiger partial charge on any atom is 0.409 e. The molecule has 0 saturated carbocycles. The first-order chi connectivity index (χ1) is 8.28. The standard InChI is InChI=1S/C9H12F6N2OS/c1-4(3-5(16)19)17(2)7(18)6(8(10,11)12)9(13,14)15/h4,6H,3H2,1-2H3,(H2,16,19). The first kappa shape index (κ1) is 17.9. The number of amides is 1. The summed E-state index contributed by atoms with van der Waals surface area (Å²) in [5.41, 5.74) is 5.13. The van der Waals surface area contributed by atoms with E-state index in [1.807, 2.05) is 0 Å². The average molecular weight is 310 g/mol. The predicted octanol–water partition coefficient (Wildman–Crippen LogP) is 2.25. The van der Waals surface area contributed by atoms with E-state index >= 15 is 0 Å². The zero-order chi connectivity index (χ0) is 15.6. The van der Waals surface area contributed by atoms with Crippen molar-refractivity contribution in [2.75, 3.05) is 7.05 Å². The largest absolute Gasteiger partial charge is 0.409 e. The first-order valence-corrected chi connectivity index (χ1v) is 5.37. The normalized spacial score (nSPS) is 14.4. The van der Waals surface area contributed by atoms with Crippen molar-refractivity contribution in [2.24, 2.45) is 11.7 Å². The second-order valence-electron chi connectivity index (χ2n) is 3.98. The molecule has 0 saturated heterocycles. The highest BCUT2D eigenvalue weighted by Gasteiger charge is 2.62. The molecule has 0 aromatic carbocycles. The number of hydrogen-bond donors (Lipinski definition) is 1. The molecule has 19 heavy (non-hydrogen) atoms. The molecule has 0 bridgehead atoms. The summed E-state index contributed by atoms with van der Waals surface area (Å²) in [7, 11) is 0.843. The molecule has 3 nitrogen and oxygen atoms in total. The maximum absolute atomic E-state index is 12.3. The molecule has 0 aromatic heterocycles. The third-order valence-electron chi connectivity index (χ3n) is 2.41. The van der Waals surface area contributed by atoms with Gasteiger partial charge in [0.25, 0.3) is 0 Å². The minimum Gasteiger partial charge on any atom is -0.393 e. The van der Waals surface area contributed by atoms with Crippen molar-refractivity contribution in [1.82, 2.24) is 4.90 Å². The minimum atomic E-state index is -5.70. The molecule has 1 unspecified atom stereocenters. The molecule has 2 N–H and O–H groups in total. The van der Waals surface area contributed by atoms with Gasteiger partial charge in [-0.1, -0.05) is 12.2 Å². The van der Waals surface area contributed by atoms with E-state index in [4.69, 9.17) is 5.73 Å². The Balaban J connectivity index is 5.18. The highest BCUT2D eigenvalue weighted by molar-refractivity contribution is 7.80. The van der Waals surface area contributed by atoms with Gasteiger partial charge in [0.05, 0.1) is 4.99 Å². The Kier molecular flexibility index (Phi) is 5.60. The summed E-state index contributed by atoms with van der Waals surface area (Å²) >= 11 is 4.49. The lowest BCUT2D eigenvalue weighted by Gasteiger charge is -2.30. The van der Waals surface area contributed by atoms with Crippen molar-refractivity contribution in [3.05, 3.63) is 0 Å². The van der Waals surface area contributed by atoms with Crippen LogP contribution in [-0.2, 0) is 4.79 Å². The van der Waals surface area contributed by atoms with Gasteiger partial charge in [0.15, 0.2) is 0 Å². The van der Waals surface area contributed by atoms with Gasteiger partial charge < -0.3 is 10.6 Å². The van der Waals surface area contributed by atoms with Gasteiger partial charge in [0.1, 0.15) is 0 Å². The van der Waals surface area contributed by atoms with Crippen LogP contribution in [-0.4, -0.2) is 41.2 Å². The molecule has 112 valence electrons. The summed E-state index contributed by atoms with van der Waals surface area (Å²) in [5, 5.41) is 0. The number of halogens is 6. The smallest absolute Gasteiger partial charge is 0.393 e. The Morgan fingerprint density at radius 1 is 1.21 bits per heavy atom. The van der Waals surface area contributed by atoms with Crippen LogP contribution in [0.4, 0.5) is 26.3 Å². The zero-order valence-corrected chi connectivity index (χ0v) is 10.8. The van der Waals surface area contributed by atoms with Crippen LogP contribution in [0.15, 0.2) is 0 Å². The Hall–Kier alpha value is -1.06. The summed E-state index contributed by atoms with van der Waals surface area (Å²) in [4.78, 5) is 11.6. The number of carbonyl (C=O) groups excluding carboxylic acids is 1. The van der Waals surface area contributed by atoms with E-state index in [9.17, 15) is 31.1 Å². The zero-order valence-electron chi connectivity index (χ0n) is 9.97. The van der Waals surface area contributed by atoms with Crippen LogP contribution in [0.1, 0.15) is 13.3 Å². The molecular formula is C9H12F6N2OS. The van der Waals surface area contributed by atoms with Crippen LogP contribution in [0, 0.1) is 5.92 Å². The molecule has 0 radical (unpaired) electrons. The lowest BCUT2D eigenvalue weighted by atomic mass is 10.1. The van der Waals surface area contributed by atoms with Gasteiger partial charge >= 0.3 is 12.4 Å². The third kappa shape index (κ3) is 5.21. The Labute approximate surface area is 110 Å². The van der Waals surface area contributed by atoms with Gasteiger partial charge in [-0.05, 0) is 6.92 Å². The number of alkyl halides is 6. The summed E-state index contributed by atoms with van der Waals surface area (Å²) in [6.45, 7) is 1.25. The van der Waals surface area contributed by atoms with Crippen LogP contribution >= 0.6 is 12.2 Å². The number of nitrogens with zero attached hydrogens (tertiary/aromatic N) is 1. The molecule has 0 aliphatic heterocycles. The van der Waals surface area contributed by atoms with E-state index < -0.39 is 30.2 Å².